The number of hydrogen-bond acceptors (Lipinski definition) is 8. The van der Waals surface area contributed by atoms with E-state index in [1.807, 2.05) is 31.3 Å². The molecule has 0 N–H and O–H groups in total. The van der Waals surface area contributed by atoms with Crippen molar-refractivity contribution < 1.29 is 0 Å². The normalized spacial score (nSPS) is 14.3. The zero-order valence-corrected chi connectivity index (χ0v) is 18.8. The van der Waals surface area contributed by atoms with E-state index < -0.39 is 0 Å². The minimum Gasteiger partial charge on any atom is -0.353 e. The van der Waals surface area contributed by atoms with Crippen molar-refractivity contribution in [3.63, 3.8) is 0 Å². The minimum absolute atomic E-state index is 0.735. The summed E-state index contributed by atoms with van der Waals surface area (Å²) in [6.45, 7) is 5.66. The van der Waals surface area contributed by atoms with Gasteiger partial charge in [-0.25, -0.2) is 15.0 Å². The Bertz CT molecular complexity index is 1190. The van der Waals surface area contributed by atoms with Crippen LogP contribution in [0.2, 0.25) is 0 Å². The summed E-state index contributed by atoms with van der Waals surface area (Å²) in [4.78, 5) is 25.9. The van der Waals surface area contributed by atoms with Crippen LogP contribution in [0.1, 0.15) is 5.56 Å². The van der Waals surface area contributed by atoms with Crippen LogP contribution in [0.3, 0.4) is 0 Å². The zero-order valence-electron chi connectivity index (χ0n) is 18.0. The van der Waals surface area contributed by atoms with E-state index in [1.165, 1.54) is 16.7 Å². The average Bonchev–Trinajstić information content (AvgIpc) is 3.24. The first-order valence-corrected chi connectivity index (χ1v) is 11.3. The molecule has 0 amide bonds. The molecule has 8 heteroatoms. The smallest absolute Gasteiger partial charge is 0.226 e. The summed E-state index contributed by atoms with van der Waals surface area (Å²) < 4.78 is 0. The maximum atomic E-state index is 4.71. The van der Waals surface area contributed by atoms with Gasteiger partial charge >= 0.3 is 0 Å². The van der Waals surface area contributed by atoms with Crippen LogP contribution in [-0.4, -0.2) is 60.2 Å². The van der Waals surface area contributed by atoms with Gasteiger partial charge in [0.15, 0.2) is 0 Å². The van der Waals surface area contributed by atoms with Crippen LogP contribution in [0.4, 0.5) is 17.6 Å². The van der Waals surface area contributed by atoms with Gasteiger partial charge in [0.2, 0.25) is 5.95 Å². The lowest BCUT2D eigenvalue weighted by Crippen LogP contribution is -2.47. The number of piperazine rings is 1. The molecule has 7 nitrogen and oxygen atoms in total. The van der Waals surface area contributed by atoms with Gasteiger partial charge in [-0.05, 0) is 18.6 Å². The van der Waals surface area contributed by atoms with Crippen molar-refractivity contribution in [2.24, 2.45) is 0 Å². The van der Waals surface area contributed by atoms with Gasteiger partial charge < -0.3 is 14.7 Å². The Kier molecular flexibility index (Phi) is 5.15. The Morgan fingerprint density at radius 3 is 2.39 bits per heavy atom. The van der Waals surface area contributed by atoms with Crippen molar-refractivity contribution in [3.05, 3.63) is 53.8 Å². The predicted octanol–water partition coefficient (Wildman–Crippen LogP) is 3.85. The molecule has 0 aliphatic carbocycles. The Morgan fingerprint density at radius 1 is 0.903 bits per heavy atom. The Hall–Kier alpha value is -3.26. The van der Waals surface area contributed by atoms with E-state index in [0.717, 1.165) is 54.0 Å². The number of anilines is 3. The summed E-state index contributed by atoms with van der Waals surface area (Å²) in [5, 5.41) is 3.36. The molecule has 4 heterocycles. The molecule has 158 valence electrons. The van der Waals surface area contributed by atoms with Gasteiger partial charge in [0.1, 0.15) is 22.8 Å². The highest BCUT2D eigenvalue weighted by Crippen LogP contribution is 2.38. The fourth-order valence-corrected chi connectivity index (χ4v) is 4.83. The Morgan fingerprint density at radius 2 is 1.65 bits per heavy atom. The first kappa shape index (κ1) is 19.7. The lowest BCUT2D eigenvalue weighted by Gasteiger charge is -2.36. The van der Waals surface area contributed by atoms with Crippen LogP contribution in [0.15, 0.2) is 48.2 Å². The van der Waals surface area contributed by atoms with Crippen LogP contribution in [0.25, 0.3) is 21.3 Å². The monoisotopic (exact) mass is 431 g/mol. The number of thiophene rings is 1. The predicted molar refractivity (Wildman–Crippen MR) is 128 cm³/mol. The molecule has 0 atom stereocenters. The molecule has 31 heavy (non-hydrogen) atoms. The van der Waals surface area contributed by atoms with Crippen LogP contribution in [0, 0.1) is 6.92 Å². The molecule has 0 spiro atoms. The summed E-state index contributed by atoms with van der Waals surface area (Å²) in [5.41, 5.74) is 3.69. The first-order chi connectivity index (χ1) is 15.1. The lowest BCUT2D eigenvalue weighted by atomic mass is 10.0. The molecule has 0 bridgehead atoms. The molecule has 1 fully saturated rings. The number of aryl methyl sites for hydroxylation is 1. The van der Waals surface area contributed by atoms with Gasteiger partial charge in [-0.2, -0.15) is 4.98 Å². The molecule has 4 aromatic rings. The maximum absolute atomic E-state index is 4.71. The minimum atomic E-state index is 0.735. The van der Waals surface area contributed by atoms with Crippen LogP contribution >= 0.6 is 11.3 Å². The van der Waals surface area contributed by atoms with Crippen molar-refractivity contribution in [1.29, 1.82) is 0 Å². The molecular formula is C23H25N7S. The highest BCUT2D eigenvalue weighted by Gasteiger charge is 2.23. The van der Waals surface area contributed by atoms with Crippen LogP contribution in [0.5, 0.6) is 0 Å². The molecule has 1 aliphatic rings. The molecule has 3 aromatic heterocycles. The standard InChI is InChI=1S/C23H25N7S/c1-16-4-6-17(7-5-16)18-14-31-22-20(18)21(25-15-26-22)30-12-10-29(11-13-30)19-8-9-24-23(27-19)28(2)3/h4-9,14-15H,10-13H2,1-3H3. The van der Waals surface area contributed by atoms with Crippen LogP contribution < -0.4 is 14.7 Å². The molecule has 0 unspecified atom stereocenters. The second-order valence-electron chi connectivity index (χ2n) is 7.98. The molecular weight excluding hydrogens is 406 g/mol. The van der Waals surface area contributed by atoms with Gasteiger partial charge in [0, 0.05) is 57.4 Å². The van der Waals surface area contributed by atoms with Crippen molar-refractivity contribution in [2.75, 3.05) is 55.0 Å². The number of hydrogen-bond donors (Lipinski definition) is 0. The number of fused-ring (bicyclic) bond motifs is 1. The van der Waals surface area contributed by atoms with E-state index in [0.29, 0.717) is 0 Å². The molecule has 0 radical (unpaired) electrons. The third kappa shape index (κ3) is 3.79. The van der Waals surface area contributed by atoms with Gasteiger partial charge in [-0.15, -0.1) is 11.3 Å². The maximum Gasteiger partial charge on any atom is 0.226 e. The topological polar surface area (TPSA) is 61.3 Å². The number of aromatic nitrogens is 4. The van der Waals surface area contributed by atoms with Gasteiger partial charge in [0.25, 0.3) is 0 Å². The molecule has 0 saturated carbocycles. The quantitative estimate of drug-likeness (QED) is 0.486. The number of nitrogens with zero attached hydrogens (tertiary/aromatic N) is 7. The highest BCUT2D eigenvalue weighted by atomic mass is 32.1. The zero-order chi connectivity index (χ0) is 21.4. The Balaban J connectivity index is 1.42. The van der Waals surface area contributed by atoms with Crippen molar-refractivity contribution >= 4 is 39.1 Å². The number of benzene rings is 1. The third-order valence-electron chi connectivity index (χ3n) is 5.64. The third-order valence-corrected chi connectivity index (χ3v) is 6.53. The van der Waals surface area contributed by atoms with Crippen molar-refractivity contribution in [1.82, 2.24) is 19.9 Å². The molecule has 1 aromatic carbocycles. The second kappa shape index (κ2) is 8.11. The average molecular weight is 432 g/mol. The highest BCUT2D eigenvalue weighted by molar-refractivity contribution is 7.17. The fraction of sp³-hybridized carbons (Fsp3) is 0.304. The van der Waals surface area contributed by atoms with Crippen LogP contribution in [-0.2, 0) is 0 Å². The van der Waals surface area contributed by atoms with Gasteiger partial charge in [-0.1, -0.05) is 29.8 Å². The summed E-state index contributed by atoms with van der Waals surface area (Å²) in [5.74, 6) is 2.73. The molecule has 1 saturated heterocycles. The Labute approximate surface area is 186 Å². The summed E-state index contributed by atoms with van der Waals surface area (Å²) in [6, 6.07) is 10.7. The largest absolute Gasteiger partial charge is 0.353 e. The van der Waals surface area contributed by atoms with E-state index in [2.05, 4.69) is 56.3 Å². The van der Waals surface area contributed by atoms with E-state index in [-0.39, 0.29) is 0 Å². The van der Waals surface area contributed by atoms with Gasteiger partial charge in [-0.3, -0.25) is 0 Å². The fourth-order valence-electron chi connectivity index (χ4n) is 3.92. The summed E-state index contributed by atoms with van der Waals surface area (Å²) >= 11 is 1.68. The lowest BCUT2D eigenvalue weighted by molar-refractivity contribution is 0.642. The second-order valence-corrected chi connectivity index (χ2v) is 8.83. The van der Waals surface area contributed by atoms with Gasteiger partial charge in [0.05, 0.1) is 5.39 Å². The van der Waals surface area contributed by atoms with Crippen molar-refractivity contribution in [3.8, 4) is 11.1 Å². The first-order valence-electron chi connectivity index (χ1n) is 10.4. The molecule has 1 aliphatic heterocycles. The number of rotatable bonds is 4. The SMILES string of the molecule is Cc1ccc(-c2csc3ncnc(N4CCN(c5ccnc(N(C)C)n5)CC4)c23)cc1. The van der Waals surface area contributed by atoms with E-state index in [9.17, 15) is 0 Å². The molecule has 5 rings (SSSR count). The summed E-state index contributed by atoms with van der Waals surface area (Å²) in [7, 11) is 3.92. The van der Waals surface area contributed by atoms with Crippen molar-refractivity contribution in [2.45, 2.75) is 6.92 Å². The van der Waals surface area contributed by atoms with E-state index in [4.69, 9.17) is 9.97 Å². The summed E-state index contributed by atoms with van der Waals surface area (Å²) in [6.07, 6.45) is 3.52. The van der Waals surface area contributed by atoms with E-state index >= 15 is 0 Å². The van der Waals surface area contributed by atoms with E-state index in [1.54, 1.807) is 17.7 Å².